The normalized spacial score (nSPS) is 44.2. The van der Waals surface area contributed by atoms with Crippen molar-refractivity contribution in [2.24, 2.45) is 46.3 Å². The SMILES string of the molecule is CCN[C@H]1CCC2(C)C(=CCC3C2CCC2(C)C3CCC2[C@H](C)CCCC(C)C)C1. The second-order valence-corrected chi connectivity index (χ2v) is 12.8. The van der Waals surface area contributed by atoms with Gasteiger partial charge in [0.15, 0.2) is 0 Å². The van der Waals surface area contributed by atoms with Gasteiger partial charge in [0.2, 0.25) is 0 Å². The molecule has 1 N–H and O–H groups in total. The average Bonchev–Trinajstić information content (AvgIpc) is 3.05. The van der Waals surface area contributed by atoms with Crippen molar-refractivity contribution in [3.63, 3.8) is 0 Å². The molecule has 3 fully saturated rings. The largest absolute Gasteiger partial charge is 0.314 e. The summed E-state index contributed by atoms with van der Waals surface area (Å²) >= 11 is 0. The summed E-state index contributed by atoms with van der Waals surface area (Å²) in [5, 5.41) is 3.75. The monoisotopic (exact) mass is 413 g/mol. The summed E-state index contributed by atoms with van der Waals surface area (Å²) in [4.78, 5) is 0. The fraction of sp³-hybridized carbons (Fsp3) is 0.931. The van der Waals surface area contributed by atoms with Gasteiger partial charge in [-0.3, -0.25) is 0 Å². The number of nitrogens with one attached hydrogen (secondary N) is 1. The summed E-state index contributed by atoms with van der Waals surface area (Å²) in [5.74, 6) is 5.71. The van der Waals surface area contributed by atoms with Gasteiger partial charge in [-0.25, -0.2) is 0 Å². The third kappa shape index (κ3) is 3.95. The Hall–Kier alpha value is -0.300. The molecule has 6 unspecified atom stereocenters. The van der Waals surface area contributed by atoms with E-state index >= 15 is 0 Å². The third-order valence-electron chi connectivity index (χ3n) is 10.8. The van der Waals surface area contributed by atoms with Crippen molar-refractivity contribution in [2.45, 2.75) is 118 Å². The summed E-state index contributed by atoms with van der Waals surface area (Å²) in [7, 11) is 0. The van der Waals surface area contributed by atoms with Gasteiger partial charge in [-0.05, 0) is 104 Å². The highest BCUT2D eigenvalue weighted by Crippen LogP contribution is 2.67. The maximum Gasteiger partial charge on any atom is 0.0105 e. The van der Waals surface area contributed by atoms with E-state index in [-0.39, 0.29) is 0 Å². The van der Waals surface area contributed by atoms with Gasteiger partial charge in [0.05, 0.1) is 0 Å². The van der Waals surface area contributed by atoms with E-state index in [1.54, 1.807) is 0 Å². The molecule has 0 radical (unpaired) electrons. The fourth-order valence-corrected chi connectivity index (χ4v) is 9.15. The molecule has 0 saturated heterocycles. The molecule has 4 aliphatic rings. The molecular weight excluding hydrogens is 362 g/mol. The van der Waals surface area contributed by atoms with E-state index in [0.29, 0.717) is 10.8 Å². The van der Waals surface area contributed by atoms with Gasteiger partial charge in [-0.1, -0.05) is 72.5 Å². The molecule has 4 aliphatic carbocycles. The molecule has 4 rings (SSSR count). The highest BCUT2D eigenvalue weighted by molar-refractivity contribution is 5.26. The summed E-state index contributed by atoms with van der Waals surface area (Å²) in [5.41, 5.74) is 2.97. The molecule has 0 aromatic heterocycles. The highest BCUT2D eigenvalue weighted by atomic mass is 14.9. The van der Waals surface area contributed by atoms with Crippen molar-refractivity contribution in [1.82, 2.24) is 5.32 Å². The number of fused-ring (bicyclic) bond motifs is 5. The first-order valence-corrected chi connectivity index (χ1v) is 13.7. The quantitative estimate of drug-likeness (QED) is 0.417. The third-order valence-corrected chi connectivity index (χ3v) is 10.8. The van der Waals surface area contributed by atoms with Crippen LogP contribution in [0.3, 0.4) is 0 Å². The zero-order valence-electron chi connectivity index (χ0n) is 21.1. The Morgan fingerprint density at radius 3 is 2.53 bits per heavy atom. The van der Waals surface area contributed by atoms with Crippen LogP contribution in [0, 0.1) is 46.3 Å². The number of hydrogen-bond acceptors (Lipinski definition) is 1. The second kappa shape index (κ2) is 8.92. The predicted octanol–water partition coefficient (Wildman–Crippen LogP) is 8.01. The van der Waals surface area contributed by atoms with Crippen molar-refractivity contribution >= 4 is 0 Å². The molecular formula is C29H51N. The smallest absolute Gasteiger partial charge is 0.0105 e. The lowest BCUT2D eigenvalue weighted by molar-refractivity contribution is -0.0514. The first kappa shape index (κ1) is 22.9. The van der Waals surface area contributed by atoms with Crippen molar-refractivity contribution in [2.75, 3.05) is 6.54 Å². The molecule has 172 valence electrons. The van der Waals surface area contributed by atoms with E-state index < -0.39 is 0 Å². The Labute approximate surface area is 188 Å². The average molecular weight is 414 g/mol. The molecule has 0 bridgehead atoms. The molecule has 1 nitrogen and oxygen atoms in total. The predicted molar refractivity (Wildman–Crippen MR) is 131 cm³/mol. The van der Waals surface area contributed by atoms with Gasteiger partial charge >= 0.3 is 0 Å². The lowest BCUT2D eigenvalue weighted by Crippen LogP contribution is -2.51. The molecule has 1 heteroatoms. The van der Waals surface area contributed by atoms with E-state index in [1.807, 2.05) is 5.57 Å². The fourth-order valence-electron chi connectivity index (χ4n) is 9.15. The van der Waals surface area contributed by atoms with Crippen LogP contribution in [0.4, 0.5) is 0 Å². The zero-order chi connectivity index (χ0) is 21.5. The Bertz CT molecular complexity index is 620. The van der Waals surface area contributed by atoms with Crippen LogP contribution >= 0.6 is 0 Å². The van der Waals surface area contributed by atoms with Crippen LogP contribution in [0.5, 0.6) is 0 Å². The summed E-state index contributed by atoms with van der Waals surface area (Å²) in [6.07, 6.45) is 18.7. The number of rotatable bonds is 7. The molecule has 3 saturated carbocycles. The summed E-state index contributed by atoms with van der Waals surface area (Å²) in [6.45, 7) is 16.2. The van der Waals surface area contributed by atoms with E-state index in [9.17, 15) is 0 Å². The lowest BCUT2D eigenvalue weighted by atomic mass is 9.47. The van der Waals surface area contributed by atoms with Gasteiger partial charge < -0.3 is 5.32 Å². The Morgan fingerprint density at radius 2 is 1.80 bits per heavy atom. The molecule has 0 aliphatic heterocycles. The maximum absolute atomic E-state index is 3.75. The summed E-state index contributed by atoms with van der Waals surface area (Å²) in [6, 6.07) is 0.738. The van der Waals surface area contributed by atoms with Crippen LogP contribution in [0.15, 0.2) is 11.6 Å². The number of hydrogen-bond donors (Lipinski definition) is 1. The topological polar surface area (TPSA) is 12.0 Å². The molecule has 8 atom stereocenters. The molecule has 30 heavy (non-hydrogen) atoms. The van der Waals surface area contributed by atoms with E-state index in [4.69, 9.17) is 0 Å². The van der Waals surface area contributed by atoms with Crippen LogP contribution in [-0.2, 0) is 0 Å². The van der Waals surface area contributed by atoms with E-state index in [1.165, 1.54) is 70.6 Å². The minimum Gasteiger partial charge on any atom is -0.314 e. The Balaban J connectivity index is 1.47. The molecule has 0 heterocycles. The Morgan fingerprint density at radius 1 is 1.00 bits per heavy atom. The van der Waals surface area contributed by atoms with Crippen molar-refractivity contribution in [3.8, 4) is 0 Å². The minimum absolute atomic E-state index is 0.511. The summed E-state index contributed by atoms with van der Waals surface area (Å²) < 4.78 is 0. The van der Waals surface area contributed by atoms with Crippen molar-refractivity contribution < 1.29 is 0 Å². The first-order chi connectivity index (χ1) is 14.3. The van der Waals surface area contributed by atoms with Crippen LogP contribution in [-0.4, -0.2) is 12.6 Å². The van der Waals surface area contributed by atoms with Crippen molar-refractivity contribution in [3.05, 3.63) is 11.6 Å². The van der Waals surface area contributed by atoms with Crippen LogP contribution < -0.4 is 5.32 Å². The lowest BCUT2D eigenvalue weighted by Gasteiger charge is -2.58. The first-order valence-electron chi connectivity index (χ1n) is 13.7. The Kier molecular flexibility index (Phi) is 6.80. The van der Waals surface area contributed by atoms with Gasteiger partial charge in [0, 0.05) is 6.04 Å². The zero-order valence-corrected chi connectivity index (χ0v) is 21.1. The minimum atomic E-state index is 0.511. The van der Waals surface area contributed by atoms with Gasteiger partial charge in [0.25, 0.3) is 0 Å². The van der Waals surface area contributed by atoms with Crippen LogP contribution in [0.25, 0.3) is 0 Å². The van der Waals surface area contributed by atoms with Crippen molar-refractivity contribution in [1.29, 1.82) is 0 Å². The standard InChI is InChI=1S/C29H51N/c1-7-30-23-15-17-28(5)22(19-23)11-12-24-26-14-13-25(21(4)10-8-9-20(2)3)29(26,6)18-16-27(24)28/h11,20-21,23-27,30H,7-10,12-19H2,1-6H3/t21-,23+,24?,25?,26?,27?,28?,29?/m1/s1. The maximum atomic E-state index is 3.75. The van der Waals surface area contributed by atoms with Crippen LogP contribution in [0.2, 0.25) is 0 Å². The highest BCUT2D eigenvalue weighted by Gasteiger charge is 2.59. The van der Waals surface area contributed by atoms with Crippen LogP contribution in [0.1, 0.15) is 112 Å². The van der Waals surface area contributed by atoms with E-state index in [2.05, 4.69) is 52.9 Å². The number of allylic oxidation sites excluding steroid dienone is 1. The molecule has 0 spiro atoms. The molecule has 0 aromatic carbocycles. The molecule has 0 aromatic rings. The molecule has 0 amide bonds. The van der Waals surface area contributed by atoms with Gasteiger partial charge in [0.1, 0.15) is 0 Å². The van der Waals surface area contributed by atoms with E-state index in [0.717, 1.165) is 48.1 Å². The van der Waals surface area contributed by atoms with Gasteiger partial charge in [-0.2, -0.15) is 0 Å². The van der Waals surface area contributed by atoms with Gasteiger partial charge in [-0.15, -0.1) is 0 Å². The second-order valence-electron chi connectivity index (χ2n) is 12.8.